The molecule has 7 unspecified atom stereocenters. The van der Waals surface area contributed by atoms with E-state index >= 15 is 0 Å². The first kappa shape index (κ1) is 49.3. The van der Waals surface area contributed by atoms with Crippen LogP contribution in [0, 0.1) is 17.8 Å². The van der Waals surface area contributed by atoms with Crippen LogP contribution in [-0.2, 0) is 29.1 Å². The second-order valence-electron chi connectivity index (χ2n) is 20.1. The molecule has 3 amide bonds. The van der Waals surface area contributed by atoms with Gasteiger partial charge in [-0.25, -0.2) is 18.2 Å². The van der Waals surface area contributed by atoms with Gasteiger partial charge in [0.1, 0.15) is 17.4 Å². The number of carbonyl (C=O) groups excluding carboxylic acids is 3. The van der Waals surface area contributed by atoms with E-state index in [4.69, 9.17) is 23.9 Å². The van der Waals surface area contributed by atoms with E-state index in [1.165, 1.54) is 0 Å². The van der Waals surface area contributed by atoms with Crippen molar-refractivity contribution < 1.29 is 54.9 Å². The number of sulfonamides is 1. The summed E-state index contributed by atoms with van der Waals surface area (Å²) in [6.07, 6.45) is 0.00270. The van der Waals surface area contributed by atoms with Crippen LogP contribution < -0.4 is 29.7 Å². The van der Waals surface area contributed by atoms with Crippen molar-refractivity contribution in [3.8, 4) is 22.9 Å². The first-order valence-corrected chi connectivity index (χ1v) is 25.0. The highest BCUT2D eigenvalue weighted by molar-refractivity contribution is 7.91. The van der Waals surface area contributed by atoms with Crippen LogP contribution in [0.1, 0.15) is 79.6 Å². The minimum absolute atomic E-state index is 0.00188. The van der Waals surface area contributed by atoms with Crippen molar-refractivity contribution in [1.29, 1.82) is 0 Å². The van der Waals surface area contributed by atoms with Crippen LogP contribution in [0.15, 0.2) is 60.7 Å². The standard InChI is InChI=1S/C49H63F3N6O9S/c1-30-9-7-8-10-34-27-48(34,44(60)56-68(62,63)47(5)17-18-47)55-42(59)41-26-37(28-58(41)29-40(31(2)23-30)54-45(61)67-46(3,4)49(50,51)52)66-43-38-16-15-36(64-6)24-33(38)25-39(53-43)32-11-13-35(14-12-32)57-19-21-65-22-20-57/h8,10-16,24-25,30-31,34,37,40-41H,7,9,17-23,26-29H2,1-6H3,(H,54,61)(H,55,59)(H,56,60). The van der Waals surface area contributed by atoms with E-state index in [1.807, 2.05) is 61.5 Å². The van der Waals surface area contributed by atoms with Crippen LogP contribution in [0.25, 0.3) is 22.0 Å². The van der Waals surface area contributed by atoms with Gasteiger partial charge in [0.2, 0.25) is 27.4 Å². The van der Waals surface area contributed by atoms with Gasteiger partial charge in [0, 0.05) is 61.2 Å². The van der Waals surface area contributed by atoms with Crippen LogP contribution in [0.3, 0.4) is 0 Å². The van der Waals surface area contributed by atoms with Crippen molar-refractivity contribution in [3.05, 3.63) is 60.7 Å². The molecule has 2 saturated heterocycles. The summed E-state index contributed by atoms with van der Waals surface area (Å²) in [4.78, 5) is 51.4. The van der Waals surface area contributed by atoms with Gasteiger partial charge in [-0.05, 0) is 113 Å². The number of nitrogens with zero attached hydrogens (tertiary/aromatic N) is 3. The number of allylic oxidation sites excluding steroid dienone is 1. The number of nitrogens with one attached hydrogen (secondary N) is 3. The summed E-state index contributed by atoms with van der Waals surface area (Å²) < 4.78 is 92.6. The molecule has 4 fully saturated rings. The first-order valence-electron chi connectivity index (χ1n) is 23.5. The number of halogens is 3. The number of pyridine rings is 1. The zero-order chi connectivity index (χ0) is 48.8. The summed E-state index contributed by atoms with van der Waals surface area (Å²) in [5.74, 6) is -1.13. The minimum Gasteiger partial charge on any atom is -0.497 e. The van der Waals surface area contributed by atoms with E-state index in [9.17, 15) is 36.0 Å². The van der Waals surface area contributed by atoms with Crippen molar-refractivity contribution in [2.24, 2.45) is 17.8 Å². The zero-order valence-corrected chi connectivity index (χ0v) is 40.3. The lowest BCUT2D eigenvalue weighted by Crippen LogP contribution is -2.58. The third-order valence-corrected chi connectivity index (χ3v) is 16.7. The van der Waals surface area contributed by atoms with Crippen molar-refractivity contribution >= 4 is 44.4 Å². The maximum Gasteiger partial charge on any atom is 0.427 e. The lowest BCUT2D eigenvalue weighted by Gasteiger charge is -2.34. The molecule has 0 bridgehead atoms. The molecular weight excluding hydrogens is 906 g/mol. The van der Waals surface area contributed by atoms with Gasteiger partial charge in [0.05, 0.1) is 36.8 Å². The monoisotopic (exact) mass is 968 g/mol. The number of hydrogen-bond donors (Lipinski definition) is 3. The van der Waals surface area contributed by atoms with Crippen molar-refractivity contribution in [1.82, 2.24) is 25.2 Å². The molecule has 19 heteroatoms. The number of amides is 3. The molecule has 7 atom stereocenters. The van der Waals surface area contributed by atoms with Gasteiger partial charge in [-0.1, -0.05) is 38.1 Å². The molecule has 2 aliphatic carbocycles. The van der Waals surface area contributed by atoms with Crippen molar-refractivity contribution in [2.75, 3.05) is 51.4 Å². The lowest BCUT2D eigenvalue weighted by atomic mass is 9.88. The Kier molecular flexibility index (Phi) is 13.8. The fourth-order valence-corrected chi connectivity index (χ4v) is 10.8. The van der Waals surface area contributed by atoms with E-state index in [2.05, 4.69) is 27.2 Å². The van der Waals surface area contributed by atoms with Crippen LogP contribution in [0.2, 0.25) is 0 Å². The number of rotatable bonds is 10. The van der Waals surface area contributed by atoms with E-state index in [-0.39, 0.29) is 37.8 Å². The average Bonchev–Trinajstić information content (AvgIpc) is 4.18. The van der Waals surface area contributed by atoms with Gasteiger partial charge in [0.25, 0.3) is 5.91 Å². The van der Waals surface area contributed by atoms with Gasteiger partial charge < -0.3 is 34.5 Å². The van der Waals surface area contributed by atoms with E-state index in [1.54, 1.807) is 25.0 Å². The maximum absolute atomic E-state index is 14.8. The number of carbonyl (C=O) groups is 3. The Morgan fingerprint density at radius 3 is 2.40 bits per heavy atom. The molecule has 4 heterocycles. The van der Waals surface area contributed by atoms with Crippen LogP contribution in [0.5, 0.6) is 11.6 Å². The second-order valence-corrected chi connectivity index (χ2v) is 22.3. The molecule has 5 aliphatic rings. The number of alkyl halides is 3. The number of aromatic nitrogens is 1. The number of methoxy groups -OCH3 is 1. The molecule has 68 heavy (non-hydrogen) atoms. The van der Waals surface area contributed by atoms with Gasteiger partial charge in [-0.2, -0.15) is 13.2 Å². The molecule has 3 aromatic rings. The van der Waals surface area contributed by atoms with E-state index in [0.717, 1.165) is 50.0 Å². The number of alkyl carbamates (subject to hydrolysis) is 1. The predicted molar refractivity (Wildman–Crippen MR) is 250 cm³/mol. The molecule has 0 spiro atoms. The van der Waals surface area contributed by atoms with Gasteiger partial charge in [-0.15, -0.1) is 0 Å². The minimum atomic E-state index is -4.84. The molecule has 1 aromatic heterocycles. The van der Waals surface area contributed by atoms with Crippen molar-refractivity contribution in [2.45, 2.75) is 120 Å². The SMILES string of the molecule is COc1ccc2c(OC3CC4C(=O)NC5(C(=O)NS(=O)(=O)C6(C)CC6)CC5C=CCCC(C)CC(C)C(NC(=O)OC(C)(C)C(F)(F)F)CN4C3)nc(-c3ccc(N4CCOCC4)cc3)cc2c1. The first-order chi connectivity index (χ1) is 32.1. The van der Waals surface area contributed by atoms with Gasteiger partial charge in [-0.3, -0.25) is 19.2 Å². The Labute approximate surface area is 395 Å². The number of morpholine rings is 1. The molecule has 370 valence electrons. The summed E-state index contributed by atoms with van der Waals surface area (Å²) >= 11 is 0. The molecule has 2 aromatic carbocycles. The second kappa shape index (κ2) is 19.0. The zero-order valence-electron chi connectivity index (χ0n) is 39.5. The summed E-state index contributed by atoms with van der Waals surface area (Å²) in [7, 11) is -2.47. The van der Waals surface area contributed by atoms with Crippen LogP contribution in [0.4, 0.5) is 23.7 Å². The number of hydrogen-bond acceptors (Lipinski definition) is 12. The molecule has 0 radical (unpaired) electrons. The molecule has 2 saturated carbocycles. The molecule has 3 aliphatic heterocycles. The average molecular weight is 969 g/mol. The fraction of sp³-hybridized carbons (Fsp3) is 0.592. The highest BCUT2D eigenvalue weighted by atomic mass is 32.2. The smallest absolute Gasteiger partial charge is 0.427 e. The van der Waals surface area contributed by atoms with Gasteiger partial charge >= 0.3 is 12.3 Å². The number of benzene rings is 2. The van der Waals surface area contributed by atoms with E-state index < -0.39 is 74.1 Å². The van der Waals surface area contributed by atoms with Crippen LogP contribution >= 0.6 is 0 Å². The Bertz CT molecular complexity index is 2510. The topological polar surface area (TPSA) is 178 Å². The number of ether oxygens (including phenoxy) is 4. The summed E-state index contributed by atoms with van der Waals surface area (Å²) in [5, 5.41) is 7.16. The van der Waals surface area contributed by atoms with Crippen molar-refractivity contribution in [3.63, 3.8) is 0 Å². The Hall–Kier alpha value is -5.14. The molecule has 15 nitrogen and oxygen atoms in total. The number of anilines is 1. The Morgan fingerprint density at radius 1 is 1.00 bits per heavy atom. The summed E-state index contributed by atoms with van der Waals surface area (Å²) in [5.41, 5.74) is -1.81. The van der Waals surface area contributed by atoms with E-state index in [0.29, 0.717) is 61.6 Å². The summed E-state index contributed by atoms with van der Waals surface area (Å²) in [6.45, 7) is 10.1. The Balaban J connectivity index is 1.13. The third kappa shape index (κ3) is 10.5. The third-order valence-electron chi connectivity index (χ3n) is 14.5. The normalized spacial score (nSPS) is 28.0. The molecule has 8 rings (SSSR count). The molecule has 3 N–H and O–H groups in total. The lowest BCUT2D eigenvalue weighted by molar-refractivity contribution is -0.244. The maximum atomic E-state index is 14.8. The van der Waals surface area contributed by atoms with Gasteiger partial charge in [0.15, 0.2) is 0 Å². The summed E-state index contributed by atoms with van der Waals surface area (Å²) in [6, 6.07) is 13.8. The highest BCUT2D eigenvalue weighted by Gasteiger charge is 2.63. The van der Waals surface area contributed by atoms with Crippen LogP contribution in [-0.4, -0.2) is 123 Å². The fourth-order valence-electron chi connectivity index (χ4n) is 9.53. The quantitative estimate of drug-likeness (QED) is 0.180. The largest absolute Gasteiger partial charge is 0.497 e. The Morgan fingerprint density at radius 2 is 1.72 bits per heavy atom. The number of fused-ring (bicyclic) bond motifs is 3. The highest BCUT2D eigenvalue weighted by Crippen LogP contribution is 2.48. The molecular formula is C49H63F3N6O9S. The predicted octanol–water partition coefficient (Wildman–Crippen LogP) is 6.89.